The minimum absolute atomic E-state index is 0.202. The van der Waals surface area contributed by atoms with Crippen molar-refractivity contribution in [1.29, 1.82) is 0 Å². The van der Waals surface area contributed by atoms with Gasteiger partial charge in [-0.15, -0.1) is 0 Å². The molecular weight excluding hydrogens is 269 g/mol. The van der Waals surface area contributed by atoms with Crippen LogP contribution in [0.25, 0.3) is 0 Å². The van der Waals surface area contributed by atoms with Gasteiger partial charge in [-0.3, -0.25) is 0 Å². The molecule has 0 amide bonds. The second kappa shape index (κ2) is 5.81. The molecule has 18 heavy (non-hydrogen) atoms. The normalized spacial score (nSPS) is 23.0. The molecule has 1 atom stereocenters. The first-order valence-corrected chi connectivity index (χ1v) is 7.75. The van der Waals surface area contributed by atoms with Crippen molar-refractivity contribution in [3.05, 3.63) is 34.6 Å². The Morgan fingerprint density at radius 3 is 2.94 bits per heavy atom. The largest absolute Gasteiger partial charge is 0.309 e. The maximum atomic E-state index is 13.0. The number of benzene rings is 1. The topological polar surface area (TPSA) is 12.0 Å². The lowest BCUT2D eigenvalue weighted by Crippen LogP contribution is -2.39. The van der Waals surface area contributed by atoms with Crippen molar-refractivity contribution in [2.24, 2.45) is 5.41 Å². The van der Waals surface area contributed by atoms with Gasteiger partial charge in [-0.1, -0.05) is 31.5 Å². The molecule has 0 spiro atoms. The molecule has 100 valence electrons. The fraction of sp³-hybridized carbons (Fsp3) is 0.571. The number of hydrogen-bond donors (Lipinski definition) is 1. The van der Waals surface area contributed by atoms with Crippen LogP contribution in [0.15, 0.2) is 18.2 Å². The molecule has 0 aliphatic carbocycles. The second-order valence-corrected chi connectivity index (χ2v) is 7.15. The van der Waals surface area contributed by atoms with Crippen LogP contribution >= 0.6 is 23.4 Å². The lowest BCUT2D eigenvalue weighted by molar-refractivity contribution is 0.317. The van der Waals surface area contributed by atoms with Gasteiger partial charge in [-0.05, 0) is 35.3 Å². The summed E-state index contributed by atoms with van der Waals surface area (Å²) in [6.45, 7) is 5.37. The molecular formula is C14H19ClFNS. The fourth-order valence-corrected chi connectivity index (χ4v) is 3.82. The van der Waals surface area contributed by atoms with Crippen molar-refractivity contribution in [3.63, 3.8) is 0 Å². The Morgan fingerprint density at radius 1 is 1.50 bits per heavy atom. The summed E-state index contributed by atoms with van der Waals surface area (Å²) < 4.78 is 13.0. The Bertz CT molecular complexity index is 422. The van der Waals surface area contributed by atoms with Crippen molar-refractivity contribution in [3.8, 4) is 0 Å². The van der Waals surface area contributed by atoms with E-state index in [1.165, 1.54) is 18.2 Å². The molecule has 1 heterocycles. The summed E-state index contributed by atoms with van der Waals surface area (Å²) in [7, 11) is 0. The molecule has 1 saturated heterocycles. The van der Waals surface area contributed by atoms with E-state index in [1.807, 2.05) is 11.8 Å². The Balaban J connectivity index is 1.89. The van der Waals surface area contributed by atoms with Crippen LogP contribution in [0.4, 0.5) is 4.39 Å². The predicted octanol–water partition coefficient (Wildman–Crippen LogP) is 4.10. The van der Waals surface area contributed by atoms with Crippen molar-refractivity contribution in [1.82, 2.24) is 5.32 Å². The molecule has 1 fully saturated rings. The first-order chi connectivity index (χ1) is 8.46. The molecule has 2 rings (SSSR count). The van der Waals surface area contributed by atoms with Crippen molar-refractivity contribution < 1.29 is 4.39 Å². The molecule has 1 unspecified atom stereocenters. The van der Waals surface area contributed by atoms with E-state index in [0.717, 1.165) is 17.9 Å². The van der Waals surface area contributed by atoms with Gasteiger partial charge in [0, 0.05) is 18.3 Å². The van der Waals surface area contributed by atoms with E-state index in [4.69, 9.17) is 11.6 Å². The van der Waals surface area contributed by atoms with E-state index in [-0.39, 0.29) is 10.8 Å². The monoisotopic (exact) mass is 287 g/mol. The maximum absolute atomic E-state index is 13.0. The molecule has 0 bridgehead atoms. The zero-order chi connectivity index (χ0) is 13.2. The quantitative estimate of drug-likeness (QED) is 0.898. The minimum Gasteiger partial charge on any atom is -0.309 e. The standard InChI is InChI=1S/C14H19ClFNS/c1-14(2)6-11(8-18-9-14)17-7-10-3-4-13(16)12(15)5-10/h3-5,11,17H,6-9H2,1-2H3. The third-order valence-corrected chi connectivity index (χ3v) is 5.10. The number of thioether (sulfide) groups is 1. The predicted molar refractivity (Wildman–Crippen MR) is 77.8 cm³/mol. The summed E-state index contributed by atoms with van der Waals surface area (Å²) in [6.07, 6.45) is 1.19. The molecule has 0 aromatic heterocycles. The number of nitrogens with one attached hydrogen (secondary N) is 1. The molecule has 1 aliphatic heterocycles. The fourth-order valence-electron chi connectivity index (χ4n) is 2.31. The van der Waals surface area contributed by atoms with Gasteiger partial charge in [-0.2, -0.15) is 11.8 Å². The third-order valence-electron chi connectivity index (χ3n) is 3.19. The van der Waals surface area contributed by atoms with Crippen LogP contribution in [-0.4, -0.2) is 17.5 Å². The molecule has 1 aromatic rings. The second-order valence-electron chi connectivity index (χ2n) is 5.71. The van der Waals surface area contributed by atoms with Gasteiger partial charge in [0.05, 0.1) is 5.02 Å². The van der Waals surface area contributed by atoms with Crippen LogP contribution in [0, 0.1) is 11.2 Å². The Kier molecular flexibility index (Phi) is 4.57. The van der Waals surface area contributed by atoms with Crippen LogP contribution in [0.1, 0.15) is 25.8 Å². The van der Waals surface area contributed by atoms with Crippen molar-refractivity contribution >= 4 is 23.4 Å². The SMILES string of the molecule is CC1(C)CSCC(NCc2ccc(F)c(Cl)c2)C1. The number of hydrogen-bond acceptors (Lipinski definition) is 2. The van der Waals surface area contributed by atoms with E-state index in [2.05, 4.69) is 19.2 Å². The van der Waals surface area contributed by atoms with E-state index >= 15 is 0 Å². The average molecular weight is 288 g/mol. The van der Waals surface area contributed by atoms with E-state index in [0.29, 0.717) is 11.5 Å². The summed E-state index contributed by atoms with van der Waals surface area (Å²) in [5.41, 5.74) is 1.44. The summed E-state index contributed by atoms with van der Waals surface area (Å²) in [6, 6.07) is 5.45. The minimum atomic E-state index is -0.352. The molecule has 4 heteroatoms. The first kappa shape index (κ1) is 14.2. The van der Waals surface area contributed by atoms with Crippen LogP contribution in [0.5, 0.6) is 0 Å². The Hall–Kier alpha value is -0.250. The van der Waals surface area contributed by atoms with Gasteiger partial charge < -0.3 is 5.32 Å². The van der Waals surface area contributed by atoms with Crippen LogP contribution in [0.2, 0.25) is 5.02 Å². The highest BCUT2D eigenvalue weighted by Gasteiger charge is 2.27. The van der Waals surface area contributed by atoms with Crippen LogP contribution in [-0.2, 0) is 6.54 Å². The maximum Gasteiger partial charge on any atom is 0.141 e. The Labute approximate surface area is 117 Å². The Morgan fingerprint density at radius 2 is 2.28 bits per heavy atom. The van der Waals surface area contributed by atoms with Gasteiger partial charge in [0.15, 0.2) is 0 Å². The van der Waals surface area contributed by atoms with Gasteiger partial charge in [0.25, 0.3) is 0 Å². The highest BCUT2D eigenvalue weighted by atomic mass is 35.5. The van der Waals surface area contributed by atoms with Crippen LogP contribution < -0.4 is 5.32 Å². The average Bonchev–Trinajstić information content (AvgIpc) is 2.29. The smallest absolute Gasteiger partial charge is 0.141 e. The zero-order valence-electron chi connectivity index (χ0n) is 10.8. The molecule has 0 radical (unpaired) electrons. The van der Waals surface area contributed by atoms with E-state index in [1.54, 1.807) is 12.1 Å². The van der Waals surface area contributed by atoms with E-state index in [9.17, 15) is 4.39 Å². The number of rotatable bonds is 3. The van der Waals surface area contributed by atoms with Gasteiger partial charge >= 0.3 is 0 Å². The third kappa shape index (κ3) is 3.87. The highest BCUT2D eigenvalue weighted by Crippen LogP contribution is 2.33. The molecule has 0 saturated carbocycles. The van der Waals surface area contributed by atoms with E-state index < -0.39 is 0 Å². The number of halogens is 2. The van der Waals surface area contributed by atoms with Crippen LogP contribution in [0.3, 0.4) is 0 Å². The summed E-state index contributed by atoms with van der Waals surface area (Å²) >= 11 is 7.78. The summed E-state index contributed by atoms with van der Waals surface area (Å²) in [4.78, 5) is 0. The molecule has 1 nitrogen and oxygen atoms in total. The molecule has 1 aliphatic rings. The summed E-state index contributed by atoms with van der Waals surface area (Å²) in [5, 5.41) is 3.74. The first-order valence-electron chi connectivity index (χ1n) is 6.21. The summed E-state index contributed by atoms with van der Waals surface area (Å²) in [5.74, 6) is 2.03. The van der Waals surface area contributed by atoms with Gasteiger partial charge in [0.1, 0.15) is 5.82 Å². The lowest BCUT2D eigenvalue weighted by Gasteiger charge is -2.35. The van der Waals surface area contributed by atoms with Gasteiger partial charge in [-0.25, -0.2) is 4.39 Å². The van der Waals surface area contributed by atoms with Crippen molar-refractivity contribution in [2.45, 2.75) is 32.9 Å². The lowest BCUT2D eigenvalue weighted by atomic mass is 9.88. The van der Waals surface area contributed by atoms with Gasteiger partial charge in [0.2, 0.25) is 0 Å². The molecule has 1 aromatic carbocycles. The van der Waals surface area contributed by atoms with Crippen molar-refractivity contribution in [2.75, 3.05) is 11.5 Å². The molecule has 1 N–H and O–H groups in total. The zero-order valence-corrected chi connectivity index (χ0v) is 12.4. The highest BCUT2D eigenvalue weighted by molar-refractivity contribution is 7.99.